The average molecular weight is 180 g/mol. The Labute approximate surface area is 80.8 Å². The summed E-state index contributed by atoms with van der Waals surface area (Å²) in [6, 6.07) is 0. The van der Waals surface area contributed by atoms with Crippen molar-refractivity contribution in [2.75, 3.05) is 13.1 Å². The van der Waals surface area contributed by atoms with Gasteiger partial charge in [0.05, 0.1) is 5.84 Å². The number of nitrogens with zero attached hydrogens (tertiary/aromatic N) is 1. The van der Waals surface area contributed by atoms with Crippen LogP contribution in [0.3, 0.4) is 0 Å². The van der Waals surface area contributed by atoms with Crippen molar-refractivity contribution in [2.24, 2.45) is 5.92 Å². The van der Waals surface area contributed by atoms with Crippen LogP contribution in [0.25, 0.3) is 0 Å². The number of hydrogen-bond donors (Lipinski definition) is 1. The van der Waals surface area contributed by atoms with E-state index in [1.807, 2.05) is 0 Å². The molecule has 0 radical (unpaired) electrons. The van der Waals surface area contributed by atoms with Gasteiger partial charge in [-0.15, -0.1) is 0 Å². The van der Waals surface area contributed by atoms with Crippen molar-refractivity contribution in [3.63, 3.8) is 0 Å². The second-order valence-electron chi connectivity index (χ2n) is 4.48. The normalized spacial score (nSPS) is 23.7. The molecular formula is C11H20N2. The molecular weight excluding hydrogens is 160 g/mol. The molecule has 0 bridgehead atoms. The lowest BCUT2D eigenvalue weighted by molar-refractivity contribution is 0.355. The summed E-state index contributed by atoms with van der Waals surface area (Å²) in [6.45, 7) is 2.29. The standard InChI is InChI=1S/C11H20N2/c12-11-5-1-2-8-13(11)9-3-4-10-6-7-10/h10,12H,1-9H2. The SMILES string of the molecule is N=C1CCCCN1CCCC1CC1. The van der Waals surface area contributed by atoms with Gasteiger partial charge in [-0.25, -0.2) is 0 Å². The lowest BCUT2D eigenvalue weighted by Gasteiger charge is -2.29. The predicted octanol–water partition coefficient (Wildman–Crippen LogP) is 2.64. The van der Waals surface area contributed by atoms with Crippen LogP contribution in [0, 0.1) is 11.3 Å². The molecule has 2 heteroatoms. The maximum atomic E-state index is 7.77. The van der Waals surface area contributed by atoms with E-state index in [0.717, 1.165) is 31.3 Å². The third-order valence-corrected chi connectivity index (χ3v) is 3.21. The second-order valence-corrected chi connectivity index (χ2v) is 4.48. The fourth-order valence-corrected chi connectivity index (χ4v) is 2.11. The van der Waals surface area contributed by atoms with Crippen molar-refractivity contribution in [3.05, 3.63) is 0 Å². The lowest BCUT2D eigenvalue weighted by atomic mass is 10.1. The summed E-state index contributed by atoms with van der Waals surface area (Å²) >= 11 is 0. The molecule has 2 nitrogen and oxygen atoms in total. The van der Waals surface area contributed by atoms with Crippen LogP contribution in [0.2, 0.25) is 0 Å². The molecule has 13 heavy (non-hydrogen) atoms. The summed E-state index contributed by atoms with van der Waals surface area (Å²) in [4.78, 5) is 2.28. The zero-order chi connectivity index (χ0) is 9.10. The Morgan fingerprint density at radius 2 is 2.15 bits per heavy atom. The van der Waals surface area contributed by atoms with E-state index in [1.54, 1.807) is 0 Å². The molecule has 1 saturated heterocycles. The number of nitrogens with one attached hydrogen (secondary N) is 1. The molecule has 1 aliphatic carbocycles. The van der Waals surface area contributed by atoms with Gasteiger partial charge in [0.2, 0.25) is 0 Å². The molecule has 1 heterocycles. The third-order valence-electron chi connectivity index (χ3n) is 3.21. The van der Waals surface area contributed by atoms with Gasteiger partial charge >= 0.3 is 0 Å². The molecule has 74 valence electrons. The zero-order valence-corrected chi connectivity index (χ0v) is 8.39. The molecule has 0 aromatic rings. The Hall–Kier alpha value is -0.530. The van der Waals surface area contributed by atoms with Crippen LogP contribution in [0.1, 0.15) is 44.9 Å². The highest BCUT2D eigenvalue weighted by molar-refractivity contribution is 5.79. The monoisotopic (exact) mass is 180 g/mol. The first-order valence-electron chi connectivity index (χ1n) is 5.68. The maximum Gasteiger partial charge on any atom is 0.0957 e. The van der Waals surface area contributed by atoms with Crippen LogP contribution in [0.5, 0.6) is 0 Å². The first-order chi connectivity index (χ1) is 6.36. The van der Waals surface area contributed by atoms with Gasteiger partial charge in [0.15, 0.2) is 0 Å². The van der Waals surface area contributed by atoms with E-state index in [-0.39, 0.29) is 0 Å². The molecule has 0 amide bonds. The maximum absolute atomic E-state index is 7.77. The van der Waals surface area contributed by atoms with Crippen molar-refractivity contribution in [3.8, 4) is 0 Å². The Morgan fingerprint density at radius 3 is 2.85 bits per heavy atom. The van der Waals surface area contributed by atoms with Crippen LogP contribution >= 0.6 is 0 Å². The van der Waals surface area contributed by atoms with Gasteiger partial charge in [-0.1, -0.05) is 12.8 Å². The van der Waals surface area contributed by atoms with Crippen molar-refractivity contribution in [1.82, 2.24) is 4.90 Å². The lowest BCUT2D eigenvalue weighted by Crippen LogP contribution is -2.35. The topological polar surface area (TPSA) is 27.1 Å². The summed E-state index contributed by atoms with van der Waals surface area (Å²) in [6.07, 6.45) is 9.21. The summed E-state index contributed by atoms with van der Waals surface area (Å²) < 4.78 is 0. The molecule has 1 saturated carbocycles. The van der Waals surface area contributed by atoms with E-state index in [2.05, 4.69) is 4.90 Å². The molecule has 0 atom stereocenters. The number of rotatable bonds is 4. The molecule has 0 aromatic heterocycles. The van der Waals surface area contributed by atoms with Crippen LogP contribution < -0.4 is 0 Å². The fourth-order valence-electron chi connectivity index (χ4n) is 2.11. The van der Waals surface area contributed by atoms with Crippen molar-refractivity contribution < 1.29 is 0 Å². The quantitative estimate of drug-likeness (QED) is 0.707. The molecule has 2 aliphatic rings. The van der Waals surface area contributed by atoms with E-state index in [1.165, 1.54) is 38.5 Å². The molecule has 0 spiro atoms. The van der Waals surface area contributed by atoms with E-state index >= 15 is 0 Å². The molecule has 1 aliphatic heterocycles. The Bertz CT molecular complexity index is 185. The minimum atomic E-state index is 0.891. The zero-order valence-electron chi connectivity index (χ0n) is 8.39. The fraction of sp³-hybridized carbons (Fsp3) is 0.909. The predicted molar refractivity (Wildman–Crippen MR) is 55.1 cm³/mol. The van der Waals surface area contributed by atoms with Gasteiger partial charge in [0.1, 0.15) is 0 Å². The Balaban J connectivity index is 1.63. The first kappa shape index (κ1) is 9.04. The van der Waals surface area contributed by atoms with E-state index in [9.17, 15) is 0 Å². The van der Waals surface area contributed by atoms with E-state index < -0.39 is 0 Å². The molecule has 2 fully saturated rings. The first-order valence-corrected chi connectivity index (χ1v) is 5.68. The second kappa shape index (κ2) is 4.12. The Morgan fingerprint density at radius 1 is 1.31 bits per heavy atom. The van der Waals surface area contributed by atoms with Crippen LogP contribution in [0.15, 0.2) is 0 Å². The van der Waals surface area contributed by atoms with Crippen LogP contribution in [-0.2, 0) is 0 Å². The van der Waals surface area contributed by atoms with Gasteiger partial charge in [0, 0.05) is 19.5 Å². The largest absolute Gasteiger partial charge is 0.361 e. The number of piperidine rings is 1. The number of amidine groups is 1. The third kappa shape index (κ3) is 2.71. The molecule has 2 rings (SSSR count). The number of likely N-dealkylation sites (tertiary alicyclic amines) is 1. The van der Waals surface area contributed by atoms with Gasteiger partial charge in [-0.2, -0.15) is 0 Å². The molecule has 0 aromatic carbocycles. The number of hydrogen-bond acceptors (Lipinski definition) is 1. The van der Waals surface area contributed by atoms with Gasteiger partial charge in [0.25, 0.3) is 0 Å². The van der Waals surface area contributed by atoms with E-state index in [0.29, 0.717) is 0 Å². The van der Waals surface area contributed by atoms with Crippen LogP contribution in [0.4, 0.5) is 0 Å². The van der Waals surface area contributed by atoms with Crippen LogP contribution in [-0.4, -0.2) is 23.8 Å². The molecule has 0 unspecified atom stereocenters. The van der Waals surface area contributed by atoms with Crippen molar-refractivity contribution >= 4 is 5.84 Å². The molecule has 1 N–H and O–H groups in total. The van der Waals surface area contributed by atoms with Gasteiger partial charge < -0.3 is 4.90 Å². The highest BCUT2D eigenvalue weighted by Crippen LogP contribution is 2.33. The van der Waals surface area contributed by atoms with Crippen molar-refractivity contribution in [2.45, 2.75) is 44.9 Å². The van der Waals surface area contributed by atoms with Gasteiger partial charge in [-0.3, -0.25) is 5.41 Å². The summed E-state index contributed by atoms with van der Waals surface area (Å²) in [5, 5.41) is 7.77. The smallest absolute Gasteiger partial charge is 0.0957 e. The average Bonchev–Trinajstić information content (AvgIpc) is 2.92. The van der Waals surface area contributed by atoms with E-state index in [4.69, 9.17) is 5.41 Å². The summed E-state index contributed by atoms with van der Waals surface area (Å²) in [5.41, 5.74) is 0. The van der Waals surface area contributed by atoms with Gasteiger partial charge in [-0.05, 0) is 31.6 Å². The van der Waals surface area contributed by atoms with Crippen molar-refractivity contribution in [1.29, 1.82) is 5.41 Å². The highest BCUT2D eigenvalue weighted by atomic mass is 15.2. The Kier molecular flexibility index (Phi) is 2.87. The highest BCUT2D eigenvalue weighted by Gasteiger charge is 2.21. The summed E-state index contributed by atoms with van der Waals surface area (Å²) in [5.74, 6) is 1.95. The minimum absolute atomic E-state index is 0.891. The minimum Gasteiger partial charge on any atom is -0.361 e. The summed E-state index contributed by atoms with van der Waals surface area (Å²) in [7, 11) is 0.